The Bertz CT molecular complexity index is 434. The highest BCUT2D eigenvalue weighted by Crippen LogP contribution is 2.29. The molecular weight excluding hydrogens is 240 g/mol. The zero-order valence-electron chi connectivity index (χ0n) is 11.4. The van der Waals surface area contributed by atoms with Crippen LogP contribution in [0.4, 0.5) is 5.69 Å². The Morgan fingerprint density at radius 2 is 2.21 bits per heavy atom. The lowest BCUT2D eigenvalue weighted by molar-refractivity contribution is -0.123. The molecule has 0 radical (unpaired) electrons. The fourth-order valence-corrected chi connectivity index (χ4v) is 2.57. The minimum atomic E-state index is -0.0807. The fraction of sp³-hybridized carbons (Fsp3) is 0.533. The van der Waals surface area contributed by atoms with E-state index in [1.807, 2.05) is 12.1 Å². The minimum Gasteiger partial charge on any atom is -0.482 e. The van der Waals surface area contributed by atoms with Crippen LogP contribution in [0.25, 0.3) is 0 Å². The first-order chi connectivity index (χ1) is 9.15. The lowest BCUT2D eigenvalue weighted by Crippen LogP contribution is -2.32. The molecule has 0 aliphatic heterocycles. The van der Waals surface area contributed by atoms with Gasteiger partial charge in [0, 0.05) is 6.54 Å². The van der Waals surface area contributed by atoms with E-state index in [4.69, 9.17) is 10.5 Å². The first-order valence-electron chi connectivity index (χ1n) is 6.89. The highest BCUT2D eigenvalue weighted by atomic mass is 16.5. The highest BCUT2D eigenvalue weighted by Gasteiger charge is 2.21. The summed E-state index contributed by atoms with van der Waals surface area (Å²) in [4.78, 5) is 11.7. The molecule has 1 aromatic carbocycles. The predicted molar refractivity (Wildman–Crippen MR) is 75.9 cm³/mol. The van der Waals surface area contributed by atoms with Crippen molar-refractivity contribution in [2.75, 3.05) is 18.9 Å². The van der Waals surface area contributed by atoms with Crippen LogP contribution in [0.15, 0.2) is 24.3 Å². The number of nitrogens with two attached hydrogens (primary N) is 1. The van der Waals surface area contributed by atoms with E-state index in [1.165, 1.54) is 19.3 Å². The summed E-state index contributed by atoms with van der Waals surface area (Å²) in [5.74, 6) is 1.90. The van der Waals surface area contributed by atoms with Crippen LogP contribution in [0.2, 0.25) is 0 Å². The number of carbonyl (C=O) groups is 1. The summed E-state index contributed by atoms with van der Waals surface area (Å²) in [6, 6.07) is 7.20. The second kappa shape index (κ2) is 6.45. The number of para-hydroxylation sites is 2. The van der Waals surface area contributed by atoms with Crippen molar-refractivity contribution in [3.63, 3.8) is 0 Å². The van der Waals surface area contributed by atoms with Crippen LogP contribution in [0.3, 0.4) is 0 Å². The summed E-state index contributed by atoms with van der Waals surface area (Å²) < 4.78 is 5.40. The zero-order chi connectivity index (χ0) is 13.7. The zero-order valence-corrected chi connectivity index (χ0v) is 11.4. The van der Waals surface area contributed by atoms with Gasteiger partial charge in [0.1, 0.15) is 5.75 Å². The van der Waals surface area contributed by atoms with Gasteiger partial charge in [-0.05, 0) is 36.8 Å². The number of carbonyl (C=O) groups excluding carboxylic acids is 1. The minimum absolute atomic E-state index is 0.0243. The smallest absolute Gasteiger partial charge is 0.257 e. The van der Waals surface area contributed by atoms with Gasteiger partial charge in [-0.15, -0.1) is 0 Å². The quantitative estimate of drug-likeness (QED) is 0.800. The molecule has 0 saturated heterocycles. The lowest BCUT2D eigenvalue weighted by atomic mass is 10.1. The second-order valence-corrected chi connectivity index (χ2v) is 5.41. The van der Waals surface area contributed by atoms with Crippen LogP contribution >= 0.6 is 0 Å². The van der Waals surface area contributed by atoms with E-state index >= 15 is 0 Å². The lowest BCUT2D eigenvalue weighted by Gasteiger charge is -2.12. The number of nitrogens with one attached hydrogen (secondary N) is 1. The van der Waals surface area contributed by atoms with Gasteiger partial charge in [-0.1, -0.05) is 25.5 Å². The summed E-state index contributed by atoms with van der Waals surface area (Å²) in [7, 11) is 0. The summed E-state index contributed by atoms with van der Waals surface area (Å²) in [6.07, 6.45) is 3.71. The van der Waals surface area contributed by atoms with Crippen LogP contribution in [-0.4, -0.2) is 19.1 Å². The van der Waals surface area contributed by atoms with Crippen molar-refractivity contribution in [3.05, 3.63) is 24.3 Å². The average Bonchev–Trinajstić information content (AvgIpc) is 2.81. The summed E-state index contributed by atoms with van der Waals surface area (Å²) in [5, 5.41) is 2.93. The first kappa shape index (κ1) is 13.7. The topological polar surface area (TPSA) is 64.3 Å². The van der Waals surface area contributed by atoms with Crippen molar-refractivity contribution >= 4 is 11.6 Å². The van der Waals surface area contributed by atoms with Crippen LogP contribution in [0.5, 0.6) is 5.75 Å². The van der Waals surface area contributed by atoms with Crippen molar-refractivity contribution in [1.82, 2.24) is 5.32 Å². The number of rotatable bonds is 5. The molecule has 1 aromatic rings. The van der Waals surface area contributed by atoms with Crippen molar-refractivity contribution in [3.8, 4) is 5.75 Å². The van der Waals surface area contributed by atoms with E-state index in [-0.39, 0.29) is 12.5 Å². The first-order valence-corrected chi connectivity index (χ1v) is 6.89. The van der Waals surface area contributed by atoms with Gasteiger partial charge in [-0.2, -0.15) is 0 Å². The van der Waals surface area contributed by atoms with Gasteiger partial charge in [0.2, 0.25) is 0 Å². The van der Waals surface area contributed by atoms with E-state index in [2.05, 4.69) is 12.2 Å². The van der Waals surface area contributed by atoms with E-state index in [0.717, 1.165) is 12.5 Å². The van der Waals surface area contributed by atoms with E-state index in [9.17, 15) is 4.79 Å². The molecule has 1 aliphatic rings. The summed E-state index contributed by atoms with van der Waals surface area (Å²) in [6.45, 7) is 3.05. The van der Waals surface area contributed by atoms with Crippen molar-refractivity contribution < 1.29 is 9.53 Å². The standard InChI is InChI=1S/C15H22N2O2/c1-11-6-7-12(8-11)9-17-15(18)10-19-14-5-3-2-4-13(14)16/h2-5,11-12H,6-10,16H2,1H3,(H,17,18). The molecule has 2 unspecified atom stereocenters. The number of anilines is 1. The summed E-state index contributed by atoms with van der Waals surface area (Å²) >= 11 is 0. The molecule has 1 aliphatic carbocycles. The average molecular weight is 262 g/mol. The van der Waals surface area contributed by atoms with E-state index < -0.39 is 0 Å². The van der Waals surface area contributed by atoms with Crippen LogP contribution in [-0.2, 0) is 4.79 Å². The molecule has 2 rings (SSSR count). The Morgan fingerprint density at radius 3 is 2.89 bits per heavy atom. The molecule has 1 saturated carbocycles. The molecule has 0 bridgehead atoms. The Kier molecular flexibility index (Phi) is 4.66. The number of nitrogen functional groups attached to an aromatic ring is 1. The molecule has 0 heterocycles. The molecule has 1 amide bonds. The molecule has 0 spiro atoms. The van der Waals surface area contributed by atoms with Gasteiger partial charge in [0.05, 0.1) is 5.69 Å². The SMILES string of the molecule is CC1CCC(CNC(=O)COc2ccccc2N)C1. The number of hydrogen-bond acceptors (Lipinski definition) is 3. The number of hydrogen-bond donors (Lipinski definition) is 2. The second-order valence-electron chi connectivity index (χ2n) is 5.41. The third-order valence-electron chi connectivity index (χ3n) is 3.67. The normalized spacial score (nSPS) is 22.2. The fourth-order valence-electron chi connectivity index (χ4n) is 2.57. The number of benzene rings is 1. The van der Waals surface area contributed by atoms with E-state index in [0.29, 0.717) is 17.4 Å². The van der Waals surface area contributed by atoms with Gasteiger partial charge >= 0.3 is 0 Å². The maximum atomic E-state index is 11.7. The molecule has 3 N–H and O–H groups in total. The van der Waals surface area contributed by atoms with Crippen LogP contribution in [0.1, 0.15) is 26.2 Å². The number of ether oxygens (including phenoxy) is 1. The van der Waals surface area contributed by atoms with Gasteiger partial charge in [0.15, 0.2) is 6.61 Å². The van der Waals surface area contributed by atoms with Crippen molar-refractivity contribution in [1.29, 1.82) is 0 Å². The Morgan fingerprint density at radius 1 is 1.42 bits per heavy atom. The molecule has 2 atom stereocenters. The van der Waals surface area contributed by atoms with Gasteiger partial charge < -0.3 is 15.8 Å². The summed E-state index contributed by atoms with van der Waals surface area (Å²) in [5.41, 5.74) is 6.29. The molecule has 0 aromatic heterocycles. The molecule has 4 nitrogen and oxygen atoms in total. The molecule has 19 heavy (non-hydrogen) atoms. The largest absolute Gasteiger partial charge is 0.482 e. The molecule has 104 valence electrons. The maximum absolute atomic E-state index is 11.7. The predicted octanol–water partition coefficient (Wildman–Crippen LogP) is 2.20. The third-order valence-corrected chi connectivity index (χ3v) is 3.67. The van der Waals surface area contributed by atoms with E-state index in [1.54, 1.807) is 12.1 Å². The molecule has 1 fully saturated rings. The Hall–Kier alpha value is -1.71. The highest BCUT2D eigenvalue weighted by molar-refractivity contribution is 5.77. The number of amides is 1. The molecular formula is C15H22N2O2. The van der Waals surface area contributed by atoms with Crippen LogP contribution < -0.4 is 15.8 Å². The molecule has 4 heteroatoms. The Balaban J connectivity index is 1.69. The van der Waals surface area contributed by atoms with Crippen LogP contribution in [0, 0.1) is 11.8 Å². The monoisotopic (exact) mass is 262 g/mol. The van der Waals surface area contributed by atoms with Gasteiger partial charge in [-0.25, -0.2) is 0 Å². The van der Waals surface area contributed by atoms with Crippen molar-refractivity contribution in [2.45, 2.75) is 26.2 Å². The Labute approximate surface area is 114 Å². The third kappa shape index (κ3) is 4.16. The van der Waals surface area contributed by atoms with Crippen molar-refractivity contribution in [2.24, 2.45) is 11.8 Å². The van der Waals surface area contributed by atoms with Gasteiger partial charge in [0.25, 0.3) is 5.91 Å². The maximum Gasteiger partial charge on any atom is 0.257 e. The van der Waals surface area contributed by atoms with Gasteiger partial charge in [-0.3, -0.25) is 4.79 Å².